The van der Waals surface area contributed by atoms with Crippen molar-refractivity contribution in [2.75, 3.05) is 13.2 Å². The Labute approximate surface area is 405 Å². The van der Waals surface area contributed by atoms with Gasteiger partial charge < -0.3 is 14.2 Å². The zero-order chi connectivity index (χ0) is 47.9. The van der Waals surface area contributed by atoms with Crippen molar-refractivity contribution in [3.8, 4) is 0 Å². The van der Waals surface area contributed by atoms with Crippen molar-refractivity contribution in [2.45, 2.75) is 226 Å². The third kappa shape index (κ3) is 50.8. The molecule has 0 heterocycles. The molecule has 0 fully saturated rings. The lowest BCUT2D eigenvalue weighted by Gasteiger charge is -2.18. The standard InChI is InChI=1S/C60H96O6/c1-4-7-10-13-16-18-20-22-24-26-27-28-29-30-31-32-33-35-36-38-40-42-44-47-50-53-59(62)65-56-57(55-64-58(61)52-49-46-15-12-9-6-3)66-60(63)54-51-48-45-43-41-39-37-34-25-23-21-19-17-14-11-8-5-2/h7-8,10-11,16-19,22-25,27-28,30-31,33,35,38,40,57H,4-6,9,12-15,20-21,26,29,32,34,36-37,39,41-56H2,1-3H3/b10-7-,11-8-,18-16-,19-17-,24-22-,25-23-,28-27-,31-30-,35-33-,40-38-. The van der Waals surface area contributed by atoms with Crippen LogP contribution in [0.25, 0.3) is 0 Å². The summed E-state index contributed by atoms with van der Waals surface area (Å²) in [5, 5.41) is 0. The van der Waals surface area contributed by atoms with Gasteiger partial charge in [0.25, 0.3) is 0 Å². The van der Waals surface area contributed by atoms with Gasteiger partial charge in [-0.2, -0.15) is 0 Å². The number of ether oxygens (including phenoxy) is 3. The van der Waals surface area contributed by atoms with E-state index in [0.29, 0.717) is 19.3 Å². The molecule has 0 bridgehead atoms. The van der Waals surface area contributed by atoms with Crippen LogP contribution in [-0.2, 0) is 28.6 Å². The second-order valence-corrected chi connectivity index (χ2v) is 17.0. The van der Waals surface area contributed by atoms with Crippen LogP contribution in [-0.4, -0.2) is 37.2 Å². The first-order valence-electron chi connectivity index (χ1n) is 26.5. The molecule has 0 saturated carbocycles. The quantitative estimate of drug-likeness (QED) is 0.0262. The van der Waals surface area contributed by atoms with Crippen molar-refractivity contribution in [3.05, 3.63) is 122 Å². The largest absolute Gasteiger partial charge is 0.462 e. The van der Waals surface area contributed by atoms with Gasteiger partial charge in [-0.15, -0.1) is 0 Å². The maximum atomic E-state index is 12.8. The molecule has 0 aliphatic heterocycles. The van der Waals surface area contributed by atoms with Gasteiger partial charge in [0.2, 0.25) is 0 Å². The minimum absolute atomic E-state index is 0.0961. The fourth-order valence-corrected chi connectivity index (χ4v) is 6.79. The van der Waals surface area contributed by atoms with E-state index in [9.17, 15) is 14.4 Å². The molecular weight excluding hydrogens is 817 g/mol. The van der Waals surface area contributed by atoms with Gasteiger partial charge in [-0.1, -0.05) is 213 Å². The Kier molecular flexibility index (Phi) is 50.0. The highest BCUT2D eigenvalue weighted by molar-refractivity contribution is 5.71. The molecule has 6 nitrogen and oxygen atoms in total. The van der Waals surface area contributed by atoms with E-state index in [1.807, 2.05) is 0 Å². The van der Waals surface area contributed by atoms with E-state index in [-0.39, 0.29) is 31.1 Å². The summed E-state index contributed by atoms with van der Waals surface area (Å²) in [4.78, 5) is 37.8. The Morgan fingerprint density at radius 1 is 0.318 bits per heavy atom. The molecule has 1 atom stereocenters. The molecule has 0 aromatic rings. The van der Waals surface area contributed by atoms with Gasteiger partial charge in [0.1, 0.15) is 13.2 Å². The van der Waals surface area contributed by atoms with Crippen LogP contribution in [0.15, 0.2) is 122 Å². The summed E-state index contributed by atoms with van der Waals surface area (Å²) in [6.45, 7) is 6.30. The first-order chi connectivity index (χ1) is 32.5. The van der Waals surface area contributed by atoms with Crippen LogP contribution in [0, 0.1) is 0 Å². The van der Waals surface area contributed by atoms with Crippen molar-refractivity contribution in [1.29, 1.82) is 0 Å². The smallest absolute Gasteiger partial charge is 0.306 e. The topological polar surface area (TPSA) is 78.9 Å². The Morgan fingerprint density at radius 3 is 0.939 bits per heavy atom. The lowest BCUT2D eigenvalue weighted by molar-refractivity contribution is -0.167. The number of carbonyl (C=O) groups excluding carboxylic acids is 3. The van der Waals surface area contributed by atoms with Crippen LogP contribution in [0.3, 0.4) is 0 Å². The van der Waals surface area contributed by atoms with Gasteiger partial charge >= 0.3 is 17.9 Å². The summed E-state index contributed by atoms with van der Waals surface area (Å²) in [6, 6.07) is 0. The number of rotatable bonds is 46. The van der Waals surface area contributed by atoms with E-state index in [1.165, 1.54) is 44.9 Å². The molecule has 0 saturated heterocycles. The zero-order valence-corrected chi connectivity index (χ0v) is 42.4. The summed E-state index contributed by atoms with van der Waals surface area (Å²) in [7, 11) is 0. The van der Waals surface area contributed by atoms with E-state index < -0.39 is 6.10 Å². The highest BCUT2D eigenvalue weighted by atomic mass is 16.6. The summed E-state index contributed by atoms with van der Waals surface area (Å²) in [6.07, 6.45) is 73.5. The van der Waals surface area contributed by atoms with E-state index in [0.717, 1.165) is 135 Å². The molecule has 0 N–H and O–H groups in total. The molecule has 0 spiro atoms. The average Bonchev–Trinajstić information content (AvgIpc) is 3.31. The molecule has 0 radical (unpaired) electrons. The maximum absolute atomic E-state index is 12.8. The monoisotopic (exact) mass is 913 g/mol. The van der Waals surface area contributed by atoms with E-state index in [1.54, 1.807) is 0 Å². The van der Waals surface area contributed by atoms with E-state index >= 15 is 0 Å². The Balaban J connectivity index is 4.30. The van der Waals surface area contributed by atoms with E-state index in [2.05, 4.69) is 142 Å². The molecule has 372 valence electrons. The number of esters is 3. The normalized spacial score (nSPS) is 13.1. The van der Waals surface area contributed by atoms with Crippen molar-refractivity contribution >= 4 is 17.9 Å². The molecule has 66 heavy (non-hydrogen) atoms. The minimum atomic E-state index is -0.797. The number of allylic oxidation sites excluding steroid dienone is 20. The highest BCUT2D eigenvalue weighted by Crippen LogP contribution is 2.13. The number of hydrogen-bond acceptors (Lipinski definition) is 6. The molecule has 0 aromatic heterocycles. The molecule has 0 aliphatic rings. The average molecular weight is 913 g/mol. The second-order valence-electron chi connectivity index (χ2n) is 17.0. The Morgan fingerprint density at radius 2 is 0.591 bits per heavy atom. The molecule has 0 rings (SSSR count). The van der Waals surface area contributed by atoms with Crippen LogP contribution in [0.4, 0.5) is 0 Å². The van der Waals surface area contributed by atoms with Gasteiger partial charge in [0, 0.05) is 19.3 Å². The molecule has 0 aliphatic carbocycles. The van der Waals surface area contributed by atoms with Gasteiger partial charge in [-0.05, 0) is 109 Å². The SMILES string of the molecule is CC/C=C\C/C=C\C/C=C\C/C=C\C/C=C\C/C=C\C/C=C\CCCCCC(=O)OCC(COC(=O)CCCCCCCC)OC(=O)CCCCCCCCC/C=C\C/C=C\C/C=C\CC. The van der Waals surface area contributed by atoms with Crippen LogP contribution < -0.4 is 0 Å². The van der Waals surface area contributed by atoms with Gasteiger partial charge in [0.15, 0.2) is 6.10 Å². The third-order valence-corrected chi connectivity index (χ3v) is 10.7. The van der Waals surface area contributed by atoms with Gasteiger partial charge in [-0.3, -0.25) is 14.4 Å². The molecule has 0 aromatic carbocycles. The van der Waals surface area contributed by atoms with Crippen LogP contribution in [0.2, 0.25) is 0 Å². The van der Waals surface area contributed by atoms with Crippen molar-refractivity contribution < 1.29 is 28.6 Å². The molecular formula is C60H96O6. The lowest BCUT2D eigenvalue weighted by atomic mass is 10.1. The lowest BCUT2D eigenvalue weighted by Crippen LogP contribution is -2.30. The fourth-order valence-electron chi connectivity index (χ4n) is 6.79. The van der Waals surface area contributed by atoms with Crippen molar-refractivity contribution in [2.24, 2.45) is 0 Å². The third-order valence-electron chi connectivity index (χ3n) is 10.7. The molecule has 0 amide bonds. The summed E-state index contributed by atoms with van der Waals surface area (Å²) in [5.41, 5.74) is 0. The molecule has 1 unspecified atom stereocenters. The van der Waals surface area contributed by atoms with Crippen LogP contribution >= 0.6 is 0 Å². The zero-order valence-electron chi connectivity index (χ0n) is 42.4. The summed E-state index contributed by atoms with van der Waals surface area (Å²) < 4.78 is 16.7. The van der Waals surface area contributed by atoms with Crippen LogP contribution in [0.5, 0.6) is 0 Å². The Hall–Kier alpha value is -4.19. The number of unbranched alkanes of at least 4 members (excludes halogenated alkanes) is 15. The van der Waals surface area contributed by atoms with Crippen molar-refractivity contribution in [3.63, 3.8) is 0 Å². The van der Waals surface area contributed by atoms with Crippen LogP contribution in [0.1, 0.15) is 220 Å². The Bertz CT molecular complexity index is 1420. The van der Waals surface area contributed by atoms with Gasteiger partial charge in [0.05, 0.1) is 0 Å². The second kappa shape index (κ2) is 53.4. The summed E-state index contributed by atoms with van der Waals surface area (Å²) >= 11 is 0. The number of carbonyl (C=O) groups is 3. The maximum Gasteiger partial charge on any atom is 0.306 e. The molecule has 6 heteroatoms. The fraction of sp³-hybridized carbons (Fsp3) is 0.617. The predicted octanol–water partition coefficient (Wildman–Crippen LogP) is 17.7. The van der Waals surface area contributed by atoms with E-state index in [4.69, 9.17) is 14.2 Å². The van der Waals surface area contributed by atoms with Gasteiger partial charge in [-0.25, -0.2) is 0 Å². The highest BCUT2D eigenvalue weighted by Gasteiger charge is 2.19. The predicted molar refractivity (Wildman–Crippen MR) is 283 cm³/mol. The number of hydrogen-bond donors (Lipinski definition) is 0. The minimum Gasteiger partial charge on any atom is -0.462 e. The first-order valence-corrected chi connectivity index (χ1v) is 26.5. The van der Waals surface area contributed by atoms with Crippen molar-refractivity contribution in [1.82, 2.24) is 0 Å². The summed E-state index contributed by atoms with van der Waals surface area (Å²) in [5.74, 6) is -0.957. The first kappa shape index (κ1) is 61.8.